The zero-order valence-electron chi connectivity index (χ0n) is 17.6. The molecule has 0 aliphatic carbocycles. The summed E-state index contributed by atoms with van der Waals surface area (Å²) >= 11 is 5.63. The predicted molar refractivity (Wildman–Crippen MR) is 126 cm³/mol. The summed E-state index contributed by atoms with van der Waals surface area (Å²) in [4.78, 5) is 57.2. The molecule has 0 bridgehead atoms. The first-order valence-electron chi connectivity index (χ1n) is 10.3. The molecule has 13 nitrogen and oxygen atoms in total. The van der Waals surface area contributed by atoms with Crippen LogP contribution in [0.1, 0.15) is 23.2 Å². The van der Waals surface area contributed by atoms with Gasteiger partial charge in [0.25, 0.3) is 11.5 Å². The summed E-state index contributed by atoms with van der Waals surface area (Å²) in [7, 11) is 0. The number of carbonyl (C=O) groups excluding carboxylic acids is 1. The molecule has 1 aromatic heterocycles. The van der Waals surface area contributed by atoms with E-state index in [1.165, 1.54) is 12.1 Å². The number of carboxylic acids is 2. The van der Waals surface area contributed by atoms with Crippen molar-refractivity contribution in [3.8, 4) is 0 Å². The van der Waals surface area contributed by atoms with Crippen molar-refractivity contribution in [1.29, 1.82) is 0 Å². The molecule has 1 amide bonds. The Kier molecular flexibility index (Phi) is 6.06. The van der Waals surface area contributed by atoms with Crippen molar-refractivity contribution in [1.82, 2.24) is 15.3 Å². The van der Waals surface area contributed by atoms with Crippen LogP contribution < -0.4 is 31.7 Å². The molecule has 4 rings (SSSR count). The number of nitrogens with two attached hydrogens (primary N) is 1. The second-order valence-electron chi connectivity index (χ2n) is 7.79. The highest BCUT2D eigenvalue weighted by Gasteiger charge is 2.41. The van der Waals surface area contributed by atoms with Gasteiger partial charge in [0.2, 0.25) is 5.95 Å². The number of fused-ring (bicyclic) bond motifs is 3. The van der Waals surface area contributed by atoms with Crippen LogP contribution in [-0.2, 0) is 9.59 Å². The monoisotopic (exact) mass is 487 g/mol. The molecule has 1 fully saturated rings. The lowest BCUT2D eigenvalue weighted by Crippen LogP contribution is -2.46. The number of hydrogen-bond acceptors (Lipinski definition) is 8. The molecule has 0 spiro atoms. The third-order valence-electron chi connectivity index (χ3n) is 5.55. The average molecular weight is 487 g/mol. The van der Waals surface area contributed by atoms with Crippen LogP contribution >= 0.6 is 12.2 Å². The molecule has 2 aliphatic rings. The third-order valence-corrected chi connectivity index (χ3v) is 5.96. The van der Waals surface area contributed by atoms with Gasteiger partial charge in [-0.05, 0) is 42.9 Å². The average Bonchev–Trinajstić information content (AvgIpc) is 3.12. The number of benzene rings is 1. The van der Waals surface area contributed by atoms with Crippen molar-refractivity contribution in [2.24, 2.45) is 0 Å². The first-order chi connectivity index (χ1) is 16.2. The minimum absolute atomic E-state index is 0.00126. The maximum Gasteiger partial charge on any atom is 0.326 e. The second-order valence-corrected chi connectivity index (χ2v) is 8.16. The van der Waals surface area contributed by atoms with Crippen molar-refractivity contribution < 1.29 is 24.6 Å². The number of nitrogen functional groups attached to an aromatic ring is 1. The summed E-state index contributed by atoms with van der Waals surface area (Å²) in [6.45, 7) is 0.976. The number of aliphatic carboxylic acids is 2. The number of carboxylic acid groups (broad SMARTS) is 2. The number of hydrogen-bond donors (Lipinski definition) is 6. The molecular formula is C20H21N7O6S. The van der Waals surface area contributed by atoms with E-state index < -0.39 is 29.4 Å². The minimum atomic E-state index is -1.32. The summed E-state index contributed by atoms with van der Waals surface area (Å²) in [5, 5.41) is 23.8. The summed E-state index contributed by atoms with van der Waals surface area (Å²) < 4.78 is 0. The van der Waals surface area contributed by atoms with Crippen LogP contribution in [0.5, 0.6) is 0 Å². The lowest BCUT2D eigenvalue weighted by molar-refractivity contribution is -0.140. The number of aromatic amines is 1. The van der Waals surface area contributed by atoms with Crippen LogP contribution in [0.2, 0.25) is 0 Å². The zero-order chi connectivity index (χ0) is 24.6. The van der Waals surface area contributed by atoms with Crippen LogP contribution in [-0.4, -0.2) is 68.3 Å². The lowest BCUT2D eigenvalue weighted by atomic mass is 10.1. The van der Waals surface area contributed by atoms with Crippen LogP contribution in [0, 0.1) is 0 Å². The van der Waals surface area contributed by atoms with E-state index in [-0.39, 0.29) is 36.1 Å². The Balaban J connectivity index is 1.50. The lowest BCUT2D eigenvalue weighted by Gasteiger charge is -2.31. The van der Waals surface area contributed by atoms with Gasteiger partial charge in [-0.25, -0.2) is 4.79 Å². The topological polar surface area (TPSA) is 194 Å². The zero-order valence-corrected chi connectivity index (χ0v) is 18.5. The van der Waals surface area contributed by atoms with Gasteiger partial charge in [0, 0.05) is 30.8 Å². The Morgan fingerprint density at radius 2 is 1.97 bits per heavy atom. The van der Waals surface area contributed by atoms with Crippen molar-refractivity contribution in [2.75, 3.05) is 33.9 Å². The smallest absolute Gasteiger partial charge is 0.326 e. The van der Waals surface area contributed by atoms with Gasteiger partial charge >= 0.3 is 11.9 Å². The predicted octanol–water partition coefficient (Wildman–Crippen LogP) is -0.194. The molecule has 1 aromatic carbocycles. The number of H-pyrrole nitrogens is 1. The summed E-state index contributed by atoms with van der Waals surface area (Å²) in [6.07, 6.45) is -0.619. The van der Waals surface area contributed by atoms with Gasteiger partial charge in [0.15, 0.2) is 16.6 Å². The van der Waals surface area contributed by atoms with Gasteiger partial charge in [0.05, 0.1) is 6.04 Å². The Morgan fingerprint density at radius 3 is 2.62 bits per heavy atom. The number of carbonyl (C=O) groups is 3. The van der Waals surface area contributed by atoms with Gasteiger partial charge in [-0.3, -0.25) is 19.4 Å². The van der Waals surface area contributed by atoms with Crippen molar-refractivity contribution in [3.63, 3.8) is 0 Å². The fourth-order valence-electron chi connectivity index (χ4n) is 3.91. The Labute approximate surface area is 197 Å². The van der Waals surface area contributed by atoms with Gasteiger partial charge in [-0.1, -0.05) is 0 Å². The van der Waals surface area contributed by atoms with Crippen molar-refractivity contribution in [2.45, 2.75) is 24.9 Å². The van der Waals surface area contributed by atoms with Crippen LogP contribution in [0.25, 0.3) is 0 Å². The van der Waals surface area contributed by atoms with Crippen LogP contribution in [0.4, 0.5) is 23.1 Å². The Morgan fingerprint density at radius 1 is 1.26 bits per heavy atom. The number of nitrogens with one attached hydrogen (secondary N) is 3. The number of rotatable bonds is 7. The minimum Gasteiger partial charge on any atom is -0.481 e. The molecule has 178 valence electrons. The molecule has 2 unspecified atom stereocenters. The molecule has 3 heterocycles. The number of anilines is 4. The normalized spacial score (nSPS) is 17.4. The standard InChI is InChI=1S/C20H21N7O6S/c21-19-24-15-14(17(31)25-19)27-11(7-22-15)8-26(20(27)34)10-3-1-9(2-4-10)16(30)23-12(18(32)33)5-6-13(28)29/h1-4,11-12H,5-8H2,(H,23,30)(H,28,29)(H,32,33)(H4,21,22,24,25,31). The molecule has 0 radical (unpaired) electrons. The third kappa shape index (κ3) is 4.34. The molecular weight excluding hydrogens is 466 g/mol. The van der Waals surface area contributed by atoms with E-state index in [2.05, 4.69) is 20.6 Å². The van der Waals surface area contributed by atoms with E-state index in [4.69, 9.17) is 23.1 Å². The van der Waals surface area contributed by atoms with E-state index in [0.717, 1.165) is 0 Å². The van der Waals surface area contributed by atoms with Gasteiger partial charge < -0.3 is 36.4 Å². The van der Waals surface area contributed by atoms with Crippen LogP contribution in [0.3, 0.4) is 0 Å². The highest BCUT2D eigenvalue weighted by Crippen LogP contribution is 2.34. The van der Waals surface area contributed by atoms with E-state index in [0.29, 0.717) is 29.7 Å². The summed E-state index contributed by atoms with van der Waals surface area (Å²) in [5.74, 6) is -2.76. The first kappa shape index (κ1) is 23.0. The van der Waals surface area contributed by atoms with Crippen molar-refractivity contribution in [3.05, 3.63) is 40.2 Å². The second kappa shape index (κ2) is 8.97. The Bertz CT molecular complexity index is 1230. The van der Waals surface area contributed by atoms with Crippen LogP contribution in [0.15, 0.2) is 29.1 Å². The van der Waals surface area contributed by atoms with Gasteiger partial charge in [-0.2, -0.15) is 4.98 Å². The van der Waals surface area contributed by atoms with Gasteiger partial charge in [-0.15, -0.1) is 0 Å². The highest BCUT2D eigenvalue weighted by molar-refractivity contribution is 7.80. The van der Waals surface area contributed by atoms with Crippen molar-refractivity contribution >= 4 is 58.3 Å². The molecule has 34 heavy (non-hydrogen) atoms. The molecule has 2 aliphatic heterocycles. The Hall–Kier alpha value is -4.20. The quantitative estimate of drug-likeness (QED) is 0.282. The fraction of sp³-hybridized carbons (Fsp3) is 0.300. The van der Waals surface area contributed by atoms with Gasteiger partial charge in [0.1, 0.15) is 6.04 Å². The van der Waals surface area contributed by atoms with E-state index in [1.54, 1.807) is 17.0 Å². The molecule has 1 saturated heterocycles. The number of nitrogens with zero attached hydrogens (tertiary/aromatic N) is 3. The molecule has 14 heteroatoms. The maximum atomic E-state index is 12.5. The fourth-order valence-corrected chi connectivity index (χ4v) is 4.33. The molecule has 2 atom stereocenters. The number of aromatic nitrogens is 2. The highest BCUT2D eigenvalue weighted by atomic mass is 32.1. The summed E-state index contributed by atoms with van der Waals surface area (Å²) in [5.41, 5.74) is 6.39. The SMILES string of the molecule is Nc1nc2c(c(=O)[nH]1)N1C(=S)N(c3ccc(C(=O)NC(CCC(=O)O)C(=O)O)cc3)CC1CN2. The van der Waals surface area contributed by atoms with E-state index in [1.807, 2.05) is 4.90 Å². The van der Waals surface area contributed by atoms with E-state index in [9.17, 15) is 24.3 Å². The van der Waals surface area contributed by atoms with E-state index >= 15 is 0 Å². The largest absolute Gasteiger partial charge is 0.481 e. The summed E-state index contributed by atoms with van der Waals surface area (Å²) in [6, 6.07) is 4.90. The first-order valence-corrected chi connectivity index (χ1v) is 10.7. The molecule has 7 N–H and O–H groups in total. The number of thiocarbonyl (C=S) groups is 1. The molecule has 2 aromatic rings. The number of amides is 1. The molecule has 0 saturated carbocycles. The maximum absolute atomic E-state index is 12.5.